The predicted molar refractivity (Wildman–Crippen MR) is 82.8 cm³/mol. The number of ether oxygens (including phenoxy) is 1. The molecule has 0 saturated heterocycles. The molecule has 0 radical (unpaired) electrons. The number of carboxylic acid groups (broad SMARTS) is 1. The molecule has 4 heteroatoms. The van der Waals surface area contributed by atoms with Crippen LogP contribution in [0.1, 0.15) is 45.1 Å². The molecule has 1 aromatic rings. The second kappa shape index (κ2) is 6.48. The minimum atomic E-state index is -0.953. The van der Waals surface area contributed by atoms with Crippen LogP contribution in [0.2, 0.25) is 0 Å². The van der Waals surface area contributed by atoms with Gasteiger partial charge in [-0.25, -0.2) is 0 Å². The zero-order valence-corrected chi connectivity index (χ0v) is 13.1. The molecule has 1 atom stereocenters. The normalized spacial score (nSPS) is 17.5. The fraction of sp³-hybridized carbons (Fsp3) is 0.588. The molecular weight excluding hydrogens is 266 g/mol. The summed E-state index contributed by atoms with van der Waals surface area (Å²) < 4.78 is 5.78. The monoisotopic (exact) mass is 291 g/mol. The zero-order valence-electron chi connectivity index (χ0n) is 13.1. The van der Waals surface area contributed by atoms with E-state index in [9.17, 15) is 9.90 Å². The third-order valence-corrected chi connectivity index (χ3v) is 4.16. The standard InChI is InChI=1S/C17H25NO3/c1-4-18-17(16(19)20,14-7-8-14)11-21-15-9-5-13(6-10-15)12(2)3/h5-6,9-10,12,14,18H,4,7-8,11H2,1-3H3,(H,19,20). The lowest BCUT2D eigenvalue weighted by Crippen LogP contribution is -2.58. The third kappa shape index (κ3) is 3.56. The number of carbonyl (C=O) groups is 1. The quantitative estimate of drug-likeness (QED) is 0.773. The van der Waals surface area contributed by atoms with Crippen molar-refractivity contribution >= 4 is 5.97 Å². The number of rotatable bonds is 8. The van der Waals surface area contributed by atoms with Gasteiger partial charge in [-0.1, -0.05) is 32.9 Å². The van der Waals surface area contributed by atoms with E-state index in [-0.39, 0.29) is 12.5 Å². The Kier molecular flexibility index (Phi) is 4.88. The van der Waals surface area contributed by atoms with Crippen LogP contribution in [-0.2, 0) is 4.79 Å². The van der Waals surface area contributed by atoms with Crippen LogP contribution >= 0.6 is 0 Å². The number of hydrogen-bond donors (Lipinski definition) is 2. The van der Waals surface area contributed by atoms with Gasteiger partial charge in [0.1, 0.15) is 12.4 Å². The number of nitrogens with one attached hydrogen (secondary N) is 1. The second-order valence-electron chi connectivity index (χ2n) is 6.09. The van der Waals surface area contributed by atoms with E-state index in [0.29, 0.717) is 12.5 Å². The molecule has 1 saturated carbocycles. The third-order valence-electron chi connectivity index (χ3n) is 4.16. The Morgan fingerprint density at radius 1 is 1.38 bits per heavy atom. The van der Waals surface area contributed by atoms with E-state index < -0.39 is 11.5 Å². The van der Waals surface area contributed by atoms with Crippen molar-refractivity contribution in [3.8, 4) is 5.75 Å². The van der Waals surface area contributed by atoms with Crippen LogP contribution in [0.25, 0.3) is 0 Å². The maximum absolute atomic E-state index is 11.7. The van der Waals surface area contributed by atoms with Crippen molar-refractivity contribution in [3.05, 3.63) is 29.8 Å². The number of likely N-dealkylation sites (N-methyl/N-ethyl adjacent to an activating group) is 1. The molecule has 2 rings (SSSR count). The topological polar surface area (TPSA) is 58.6 Å². The number of hydrogen-bond acceptors (Lipinski definition) is 3. The van der Waals surface area contributed by atoms with Crippen molar-refractivity contribution in [2.75, 3.05) is 13.2 Å². The SMILES string of the molecule is CCNC(COc1ccc(C(C)C)cc1)(C(=O)O)C1CC1. The Morgan fingerprint density at radius 2 is 2.00 bits per heavy atom. The van der Waals surface area contributed by atoms with Gasteiger partial charge in [-0.3, -0.25) is 10.1 Å². The lowest BCUT2D eigenvalue weighted by Gasteiger charge is -2.30. The first-order valence-corrected chi connectivity index (χ1v) is 7.70. The average Bonchev–Trinajstić information content (AvgIpc) is 3.28. The summed E-state index contributed by atoms with van der Waals surface area (Å²) >= 11 is 0. The van der Waals surface area contributed by atoms with Crippen LogP contribution in [0, 0.1) is 5.92 Å². The van der Waals surface area contributed by atoms with Crippen molar-refractivity contribution in [2.45, 2.75) is 45.1 Å². The highest BCUT2D eigenvalue weighted by Crippen LogP contribution is 2.40. The molecule has 0 aliphatic heterocycles. The highest BCUT2D eigenvalue weighted by molar-refractivity contribution is 5.80. The van der Waals surface area contributed by atoms with Gasteiger partial charge in [-0.15, -0.1) is 0 Å². The number of benzene rings is 1. The lowest BCUT2D eigenvalue weighted by molar-refractivity contribution is -0.147. The molecule has 0 heterocycles. The van der Waals surface area contributed by atoms with E-state index >= 15 is 0 Å². The number of aliphatic carboxylic acids is 1. The first-order chi connectivity index (χ1) is 9.99. The summed E-state index contributed by atoms with van der Waals surface area (Å²) in [6, 6.07) is 7.90. The molecule has 1 aliphatic carbocycles. The Bertz CT molecular complexity index is 479. The van der Waals surface area contributed by atoms with Crippen molar-refractivity contribution in [1.82, 2.24) is 5.32 Å². The van der Waals surface area contributed by atoms with E-state index in [0.717, 1.165) is 18.6 Å². The molecule has 2 N–H and O–H groups in total. The average molecular weight is 291 g/mol. The Morgan fingerprint density at radius 3 is 2.43 bits per heavy atom. The van der Waals surface area contributed by atoms with Crippen LogP contribution in [0.4, 0.5) is 0 Å². The summed E-state index contributed by atoms with van der Waals surface area (Å²) in [6.07, 6.45) is 1.91. The molecule has 1 fully saturated rings. The van der Waals surface area contributed by atoms with E-state index in [1.165, 1.54) is 5.56 Å². The molecular formula is C17H25NO3. The van der Waals surface area contributed by atoms with Gasteiger partial charge in [-0.2, -0.15) is 0 Å². The van der Waals surface area contributed by atoms with Gasteiger partial charge in [0, 0.05) is 0 Å². The second-order valence-corrected chi connectivity index (χ2v) is 6.09. The predicted octanol–water partition coefficient (Wildman–Crippen LogP) is 3.03. The first-order valence-electron chi connectivity index (χ1n) is 7.70. The maximum Gasteiger partial charge on any atom is 0.327 e. The summed E-state index contributed by atoms with van der Waals surface area (Å²) in [5, 5.41) is 12.8. The van der Waals surface area contributed by atoms with Crippen LogP contribution in [0.5, 0.6) is 5.75 Å². The van der Waals surface area contributed by atoms with Crippen molar-refractivity contribution in [2.24, 2.45) is 5.92 Å². The van der Waals surface area contributed by atoms with Crippen LogP contribution in [-0.4, -0.2) is 29.8 Å². The van der Waals surface area contributed by atoms with Gasteiger partial charge < -0.3 is 9.84 Å². The zero-order chi connectivity index (χ0) is 15.5. The fourth-order valence-corrected chi connectivity index (χ4v) is 2.66. The summed E-state index contributed by atoms with van der Waals surface area (Å²) in [5.74, 6) is 0.560. The molecule has 0 amide bonds. The largest absolute Gasteiger partial charge is 0.491 e. The highest BCUT2D eigenvalue weighted by atomic mass is 16.5. The molecule has 0 bridgehead atoms. The van der Waals surface area contributed by atoms with Gasteiger partial charge in [0.15, 0.2) is 5.54 Å². The first kappa shape index (κ1) is 15.8. The molecule has 1 aliphatic rings. The minimum Gasteiger partial charge on any atom is -0.491 e. The Labute approximate surface area is 126 Å². The van der Waals surface area contributed by atoms with E-state index in [2.05, 4.69) is 19.2 Å². The van der Waals surface area contributed by atoms with Gasteiger partial charge in [0.2, 0.25) is 0 Å². The molecule has 4 nitrogen and oxygen atoms in total. The molecule has 0 aromatic heterocycles. The van der Waals surface area contributed by atoms with Crippen molar-refractivity contribution in [3.63, 3.8) is 0 Å². The Balaban J connectivity index is 2.06. The summed E-state index contributed by atoms with van der Waals surface area (Å²) in [6.45, 7) is 7.00. The molecule has 1 aromatic carbocycles. The van der Waals surface area contributed by atoms with E-state index in [4.69, 9.17) is 4.74 Å². The van der Waals surface area contributed by atoms with Crippen molar-refractivity contribution < 1.29 is 14.6 Å². The van der Waals surface area contributed by atoms with Crippen LogP contribution < -0.4 is 10.1 Å². The van der Waals surface area contributed by atoms with E-state index in [1.54, 1.807) is 0 Å². The molecule has 1 unspecified atom stereocenters. The molecule has 0 spiro atoms. The minimum absolute atomic E-state index is 0.169. The Hall–Kier alpha value is -1.55. The van der Waals surface area contributed by atoms with Crippen LogP contribution in [0.15, 0.2) is 24.3 Å². The van der Waals surface area contributed by atoms with E-state index in [1.807, 2.05) is 31.2 Å². The highest BCUT2D eigenvalue weighted by Gasteiger charge is 2.51. The number of carboxylic acids is 1. The molecule has 116 valence electrons. The van der Waals surface area contributed by atoms with Gasteiger partial charge in [-0.05, 0) is 48.9 Å². The van der Waals surface area contributed by atoms with Gasteiger partial charge in [0.05, 0.1) is 0 Å². The van der Waals surface area contributed by atoms with Crippen LogP contribution in [0.3, 0.4) is 0 Å². The fourth-order valence-electron chi connectivity index (χ4n) is 2.66. The summed E-state index contributed by atoms with van der Waals surface area (Å²) in [4.78, 5) is 11.7. The lowest BCUT2D eigenvalue weighted by atomic mass is 9.94. The maximum atomic E-state index is 11.7. The van der Waals surface area contributed by atoms with Gasteiger partial charge >= 0.3 is 5.97 Å². The van der Waals surface area contributed by atoms with Crippen molar-refractivity contribution in [1.29, 1.82) is 0 Å². The van der Waals surface area contributed by atoms with Gasteiger partial charge in [0.25, 0.3) is 0 Å². The smallest absolute Gasteiger partial charge is 0.327 e. The molecule has 21 heavy (non-hydrogen) atoms. The summed E-state index contributed by atoms with van der Waals surface area (Å²) in [7, 11) is 0. The summed E-state index contributed by atoms with van der Waals surface area (Å²) in [5.41, 5.74) is 0.298.